The Morgan fingerprint density at radius 3 is 2.80 bits per heavy atom. The van der Waals surface area contributed by atoms with Crippen LogP contribution in [0, 0.1) is 0 Å². The lowest BCUT2D eigenvalue weighted by atomic mass is 10.2. The van der Waals surface area contributed by atoms with E-state index in [9.17, 15) is 9.59 Å². The summed E-state index contributed by atoms with van der Waals surface area (Å²) in [6.45, 7) is 3.27. The molecule has 1 aromatic rings. The maximum Gasteiger partial charge on any atom is 0.326 e. The van der Waals surface area contributed by atoms with Crippen molar-refractivity contribution in [3.05, 3.63) is 18.7 Å². The number of carboxylic acid groups (broad SMARTS) is 1. The predicted octanol–water partition coefficient (Wildman–Crippen LogP) is 1.22. The van der Waals surface area contributed by atoms with E-state index in [-0.39, 0.29) is 0 Å². The molecule has 112 valence electrons. The maximum atomic E-state index is 11.5. The normalized spacial score (nSPS) is 11.8. The standard InChI is InChI=1S/C13H22N4O3/c1-2-5-11(12(18)19)16-13(20)15-6-3-4-8-17-9-7-14-10-17/h7,9-11H,2-6,8H2,1H3,(H,18,19)(H2,15,16,20)/t11-/m0/s1. The van der Waals surface area contributed by atoms with Gasteiger partial charge in [0.15, 0.2) is 0 Å². The van der Waals surface area contributed by atoms with Gasteiger partial charge in [0.25, 0.3) is 0 Å². The minimum absolute atomic E-state index is 0.423. The number of hydrogen-bond acceptors (Lipinski definition) is 3. The summed E-state index contributed by atoms with van der Waals surface area (Å²) in [6.07, 6.45) is 8.27. The van der Waals surface area contributed by atoms with Crippen LogP contribution in [0.25, 0.3) is 0 Å². The first-order valence-corrected chi connectivity index (χ1v) is 6.86. The third-order valence-corrected chi connectivity index (χ3v) is 2.87. The van der Waals surface area contributed by atoms with Crippen molar-refractivity contribution >= 4 is 12.0 Å². The Hall–Kier alpha value is -2.05. The number of hydrogen-bond donors (Lipinski definition) is 3. The molecule has 2 amide bonds. The Balaban J connectivity index is 2.11. The molecule has 0 saturated carbocycles. The third-order valence-electron chi connectivity index (χ3n) is 2.87. The number of nitrogens with zero attached hydrogens (tertiary/aromatic N) is 2. The molecule has 0 aliphatic heterocycles. The lowest BCUT2D eigenvalue weighted by molar-refractivity contribution is -0.139. The monoisotopic (exact) mass is 282 g/mol. The van der Waals surface area contributed by atoms with Gasteiger partial charge in [0, 0.05) is 25.5 Å². The summed E-state index contributed by atoms with van der Waals surface area (Å²) < 4.78 is 1.97. The molecule has 1 aromatic heterocycles. The van der Waals surface area contributed by atoms with Crippen LogP contribution in [0.15, 0.2) is 18.7 Å². The summed E-state index contributed by atoms with van der Waals surface area (Å²) in [4.78, 5) is 26.3. The third kappa shape index (κ3) is 6.21. The van der Waals surface area contributed by atoms with Crippen LogP contribution in [0.4, 0.5) is 4.79 Å². The molecule has 1 rings (SSSR count). The Morgan fingerprint density at radius 1 is 1.40 bits per heavy atom. The van der Waals surface area contributed by atoms with Gasteiger partial charge in [0.05, 0.1) is 6.33 Å². The molecule has 0 radical (unpaired) electrons. The number of nitrogens with one attached hydrogen (secondary N) is 2. The fourth-order valence-corrected chi connectivity index (χ4v) is 1.80. The second-order valence-corrected chi connectivity index (χ2v) is 4.59. The Morgan fingerprint density at radius 2 is 2.20 bits per heavy atom. The molecule has 7 heteroatoms. The molecule has 3 N–H and O–H groups in total. The van der Waals surface area contributed by atoms with Gasteiger partial charge in [-0.05, 0) is 19.3 Å². The highest BCUT2D eigenvalue weighted by Crippen LogP contribution is 1.97. The number of carbonyl (C=O) groups excluding carboxylic acids is 1. The molecular formula is C13H22N4O3. The molecule has 0 saturated heterocycles. The maximum absolute atomic E-state index is 11.5. The number of aryl methyl sites for hydroxylation is 1. The van der Waals surface area contributed by atoms with Gasteiger partial charge >= 0.3 is 12.0 Å². The van der Waals surface area contributed by atoms with Crippen LogP contribution in [0.1, 0.15) is 32.6 Å². The van der Waals surface area contributed by atoms with E-state index in [1.54, 1.807) is 12.5 Å². The van der Waals surface area contributed by atoms with E-state index in [1.165, 1.54) is 0 Å². The second kappa shape index (κ2) is 8.95. The lowest BCUT2D eigenvalue weighted by Crippen LogP contribution is -2.46. The van der Waals surface area contributed by atoms with Crippen molar-refractivity contribution in [2.24, 2.45) is 0 Å². The van der Waals surface area contributed by atoms with E-state index in [2.05, 4.69) is 15.6 Å². The lowest BCUT2D eigenvalue weighted by Gasteiger charge is -2.14. The van der Waals surface area contributed by atoms with E-state index in [0.29, 0.717) is 19.4 Å². The zero-order valence-corrected chi connectivity index (χ0v) is 11.7. The highest BCUT2D eigenvalue weighted by molar-refractivity contribution is 5.82. The average Bonchev–Trinajstić information content (AvgIpc) is 2.91. The van der Waals surface area contributed by atoms with Crippen LogP contribution in [-0.4, -0.2) is 39.2 Å². The Labute approximate surface area is 118 Å². The molecule has 0 bridgehead atoms. The van der Waals surface area contributed by atoms with Crippen molar-refractivity contribution in [1.82, 2.24) is 20.2 Å². The zero-order chi connectivity index (χ0) is 14.8. The van der Waals surface area contributed by atoms with Gasteiger partial charge in [0.2, 0.25) is 0 Å². The van der Waals surface area contributed by atoms with Gasteiger partial charge < -0.3 is 20.3 Å². The molecular weight excluding hydrogens is 260 g/mol. The minimum atomic E-state index is -0.998. The van der Waals surface area contributed by atoms with E-state index < -0.39 is 18.0 Å². The number of carbonyl (C=O) groups is 2. The second-order valence-electron chi connectivity index (χ2n) is 4.59. The number of unbranched alkanes of at least 4 members (excludes halogenated alkanes) is 1. The van der Waals surface area contributed by atoms with Crippen molar-refractivity contribution < 1.29 is 14.7 Å². The summed E-state index contributed by atoms with van der Waals surface area (Å²) >= 11 is 0. The molecule has 0 aromatic carbocycles. The largest absolute Gasteiger partial charge is 0.480 e. The molecule has 0 spiro atoms. The quantitative estimate of drug-likeness (QED) is 0.593. The molecule has 1 atom stereocenters. The van der Waals surface area contributed by atoms with Gasteiger partial charge in [0.1, 0.15) is 6.04 Å². The van der Waals surface area contributed by atoms with E-state index in [0.717, 1.165) is 19.4 Å². The van der Waals surface area contributed by atoms with Crippen molar-refractivity contribution in [3.8, 4) is 0 Å². The fraction of sp³-hybridized carbons (Fsp3) is 0.615. The first kappa shape index (κ1) is 16.0. The van der Waals surface area contributed by atoms with Gasteiger partial charge in [-0.1, -0.05) is 13.3 Å². The molecule has 0 fully saturated rings. The summed E-state index contributed by atoms with van der Waals surface area (Å²) in [7, 11) is 0. The topological polar surface area (TPSA) is 96.3 Å². The van der Waals surface area contributed by atoms with Crippen molar-refractivity contribution in [1.29, 1.82) is 0 Å². The van der Waals surface area contributed by atoms with Crippen LogP contribution in [0.5, 0.6) is 0 Å². The number of aromatic nitrogens is 2. The predicted molar refractivity (Wildman–Crippen MR) is 74.3 cm³/mol. The van der Waals surface area contributed by atoms with Crippen LogP contribution >= 0.6 is 0 Å². The van der Waals surface area contributed by atoms with Crippen molar-refractivity contribution in [2.75, 3.05) is 6.54 Å². The van der Waals surface area contributed by atoms with Gasteiger partial charge in [-0.25, -0.2) is 14.6 Å². The van der Waals surface area contributed by atoms with Crippen LogP contribution < -0.4 is 10.6 Å². The van der Waals surface area contributed by atoms with E-state index in [1.807, 2.05) is 17.7 Å². The summed E-state index contributed by atoms with van der Waals surface area (Å²) in [5, 5.41) is 14.0. The number of urea groups is 1. The van der Waals surface area contributed by atoms with Crippen LogP contribution in [0.2, 0.25) is 0 Å². The number of amides is 2. The van der Waals surface area contributed by atoms with Crippen LogP contribution in [-0.2, 0) is 11.3 Å². The summed E-state index contributed by atoms with van der Waals surface area (Å²) in [5.41, 5.74) is 0. The summed E-state index contributed by atoms with van der Waals surface area (Å²) in [6, 6.07) is -1.24. The highest BCUT2D eigenvalue weighted by Gasteiger charge is 2.18. The van der Waals surface area contributed by atoms with Crippen molar-refractivity contribution in [3.63, 3.8) is 0 Å². The fourth-order valence-electron chi connectivity index (χ4n) is 1.80. The van der Waals surface area contributed by atoms with Crippen molar-refractivity contribution in [2.45, 2.75) is 45.2 Å². The van der Waals surface area contributed by atoms with E-state index >= 15 is 0 Å². The molecule has 7 nitrogen and oxygen atoms in total. The number of aliphatic carboxylic acids is 1. The molecule has 0 unspecified atom stereocenters. The van der Waals surface area contributed by atoms with E-state index in [4.69, 9.17) is 5.11 Å². The Bertz CT molecular complexity index is 406. The average molecular weight is 282 g/mol. The zero-order valence-electron chi connectivity index (χ0n) is 11.7. The SMILES string of the molecule is CCC[C@H](NC(=O)NCCCCn1ccnc1)C(=O)O. The first-order chi connectivity index (χ1) is 9.63. The molecule has 20 heavy (non-hydrogen) atoms. The molecule has 0 aliphatic rings. The van der Waals surface area contributed by atoms with Gasteiger partial charge in [-0.15, -0.1) is 0 Å². The Kier molecular flexibility index (Phi) is 7.16. The molecule has 0 aliphatic carbocycles. The van der Waals surface area contributed by atoms with Gasteiger partial charge in [-0.3, -0.25) is 0 Å². The highest BCUT2D eigenvalue weighted by atomic mass is 16.4. The number of carboxylic acids is 1. The summed E-state index contributed by atoms with van der Waals surface area (Å²) in [5.74, 6) is -0.998. The molecule has 1 heterocycles. The van der Waals surface area contributed by atoms with Gasteiger partial charge in [-0.2, -0.15) is 0 Å². The minimum Gasteiger partial charge on any atom is -0.480 e. The smallest absolute Gasteiger partial charge is 0.326 e. The number of imidazole rings is 1. The number of rotatable bonds is 9. The first-order valence-electron chi connectivity index (χ1n) is 6.86. The van der Waals surface area contributed by atoms with Crippen LogP contribution in [0.3, 0.4) is 0 Å².